The summed E-state index contributed by atoms with van der Waals surface area (Å²) in [4.78, 5) is 13.1. The molecule has 0 radical (unpaired) electrons. The summed E-state index contributed by atoms with van der Waals surface area (Å²) in [5, 5.41) is 8.73. The molecule has 0 bridgehead atoms. The largest absolute Gasteiger partial charge is 0.494 e. The van der Waals surface area contributed by atoms with Crippen LogP contribution in [0, 0.1) is 0 Å². The molecule has 0 aliphatic heterocycles. The van der Waals surface area contributed by atoms with E-state index >= 15 is 0 Å². The summed E-state index contributed by atoms with van der Waals surface area (Å²) in [5.41, 5.74) is 1.38. The Morgan fingerprint density at radius 3 is 2.37 bits per heavy atom. The fourth-order valence-corrected chi connectivity index (χ4v) is 4.52. The summed E-state index contributed by atoms with van der Waals surface area (Å²) in [6.07, 6.45) is -4.00. The van der Waals surface area contributed by atoms with Crippen LogP contribution >= 0.6 is 24.0 Å². The number of hydrogen-bond acceptors (Lipinski definition) is 3. The van der Waals surface area contributed by atoms with E-state index in [0.29, 0.717) is 36.4 Å². The Hall–Kier alpha value is -2.74. The predicted octanol–water partition coefficient (Wildman–Crippen LogP) is 7.87. The van der Waals surface area contributed by atoms with Gasteiger partial charge in [0.25, 0.3) is 0 Å². The van der Waals surface area contributed by atoms with Crippen LogP contribution in [0.15, 0.2) is 72.8 Å². The zero-order valence-electron chi connectivity index (χ0n) is 21.2. The summed E-state index contributed by atoms with van der Waals surface area (Å²) in [7, 11) is 0. The number of aliphatic carboxylic acids is 1. The van der Waals surface area contributed by atoms with Gasteiger partial charge in [0.2, 0.25) is 0 Å². The Balaban J connectivity index is 0.00000507. The second-order valence-corrected chi connectivity index (χ2v) is 9.60. The van der Waals surface area contributed by atoms with Crippen molar-refractivity contribution < 1.29 is 27.8 Å². The number of carboxylic acid groups (broad SMARTS) is 1. The maximum absolute atomic E-state index is 13.4. The third kappa shape index (κ3) is 9.22. The molecule has 0 aliphatic carbocycles. The maximum atomic E-state index is 13.4. The van der Waals surface area contributed by atoms with Crippen LogP contribution in [0.5, 0.6) is 5.75 Å². The molecule has 0 fully saturated rings. The normalized spacial score (nSPS) is 13.0. The van der Waals surface area contributed by atoms with Crippen molar-refractivity contribution in [3.05, 3.63) is 100 Å². The molecule has 0 aliphatic rings. The van der Waals surface area contributed by atoms with Crippen molar-refractivity contribution in [2.75, 3.05) is 13.2 Å². The average molecular weight is 570 g/mol. The highest BCUT2D eigenvalue weighted by atomic mass is 35.5. The van der Waals surface area contributed by atoms with Gasteiger partial charge in [-0.3, -0.25) is 9.69 Å². The summed E-state index contributed by atoms with van der Waals surface area (Å²) < 4.78 is 46.2. The molecule has 0 amide bonds. The minimum atomic E-state index is -4.52. The number of alkyl halides is 3. The number of ether oxygens (including phenoxy) is 1. The van der Waals surface area contributed by atoms with E-state index in [0.717, 1.165) is 11.6 Å². The van der Waals surface area contributed by atoms with E-state index < -0.39 is 17.7 Å². The molecule has 3 aromatic carbocycles. The van der Waals surface area contributed by atoms with Crippen LogP contribution in [-0.2, 0) is 23.9 Å². The van der Waals surface area contributed by atoms with Gasteiger partial charge in [-0.1, -0.05) is 73.1 Å². The van der Waals surface area contributed by atoms with Crippen molar-refractivity contribution >= 4 is 30.0 Å². The van der Waals surface area contributed by atoms with Crippen molar-refractivity contribution in [3.63, 3.8) is 0 Å². The highest BCUT2D eigenvalue weighted by molar-refractivity contribution is 6.32. The van der Waals surface area contributed by atoms with Gasteiger partial charge in [0.05, 0.1) is 23.6 Å². The quantitative estimate of drug-likeness (QED) is 0.241. The Morgan fingerprint density at radius 2 is 1.71 bits per heavy atom. The average Bonchev–Trinajstić information content (AvgIpc) is 2.84. The summed E-state index contributed by atoms with van der Waals surface area (Å²) in [6, 6.07) is 20.9. The Bertz CT molecular complexity index is 1180. The zero-order chi connectivity index (χ0) is 27.0. The van der Waals surface area contributed by atoms with Gasteiger partial charge in [0.15, 0.2) is 0 Å². The number of carboxylic acids is 1. The smallest absolute Gasteiger partial charge is 0.417 e. The van der Waals surface area contributed by atoms with E-state index in [1.807, 2.05) is 37.3 Å². The van der Waals surface area contributed by atoms with E-state index in [1.165, 1.54) is 6.07 Å². The Labute approximate surface area is 232 Å². The standard InChI is InChI=1S/C29H31ClF3NO3.ClH/c1-20(23-9-4-3-5-10-23)18-34(19-24-11-7-13-26(28(24)30)29(31,32)33)21(2)14-15-37-25-12-6-8-22(16-25)17-27(35)36;/h3-13,16,20-21H,14-15,17-19H2,1-2H3,(H,35,36);1H. The number of carbonyl (C=O) groups is 1. The van der Waals surface area contributed by atoms with Gasteiger partial charge in [-0.15, -0.1) is 12.4 Å². The molecular weight excluding hydrogens is 538 g/mol. The molecule has 3 rings (SSSR count). The fourth-order valence-electron chi connectivity index (χ4n) is 4.23. The first-order chi connectivity index (χ1) is 17.5. The Morgan fingerprint density at radius 1 is 1.03 bits per heavy atom. The first kappa shape index (κ1) is 31.5. The predicted molar refractivity (Wildman–Crippen MR) is 146 cm³/mol. The monoisotopic (exact) mass is 569 g/mol. The van der Waals surface area contributed by atoms with Gasteiger partial charge < -0.3 is 9.84 Å². The second kappa shape index (κ2) is 14.4. The molecular formula is C29H32Cl2F3NO3. The molecule has 206 valence electrons. The van der Waals surface area contributed by atoms with E-state index in [4.69, 9.17) is 21.4 Å². The summed E-state index contributed by atoms with van der Waals surface area (Å²) in [5.74, 6) is -0.194. The van der Waals surface area contributed by atoms with Crippen molar-refractivity contribution in [1.82, 2.24) is 4.90 Å². The first-order valence-corrected chi connectivity index (χ1v) is 12.5. The molecule has 0 aromatic heterocycles. The van der Waals surface area contributed by atoms with Gasteiger partial charge in [0.1, 0.15) is 5.75 Å². The van der Waals surface area contributed by atoms with E-state index in [9.17, 15) is 18.0 Å². The van der Waals surface area contributed by atoms with E-state index in [2.05, 4.69) is 11.8 Å². The second-order valence-electron chi connectivity index (χ2n) is 9.22. The maximum Gasteiger partial charge on any atom is 0.417 e. The van der Waals surface area contributed by atoms with Crippen LogP contribution in [0.2, 0.25) is 5.02 Å². The lowest BCUT2D eigenvalue weighted by atomic mass is 9.99. The van der Waals surface area contributed by atoms with Crippen molar-refractivity contribution in [1.29, 1.82) is 0 Å². The van der Waals surface area contributed by atoms with Crippen LogP contribution < -0.4 is 4.74 Å². The molecule has 1 N–H and O–H groups in total. The topological polar surface area (TPSA) is 49.8 Å². The molecule has 0 heterocycles. The lowest BCUT2D eigenvalue weighted by molar-refractivity contribution is -0.138. The molecule has 0 saturated heterocycles. The molecule has 3 aromatic rings. The van der Waals surface area contributed by atoms with Crippen LogP contribution in [0.1, 0.15) is 48.4 Å². The zero-order valence-corrected chi connectivity index (χ0v) is 22.8. The first-order valence-electron chi connectivity index (χ1n) is 12.1. The number of nitrogens with zero attached hydrogens (tertiary/aromatic N) is 1. The minimum Gasteiger partial charge on any atom is -0.494 e. The van der Waals surface area contributed by atoms with Gasteiger partial charge >= 0.3 is 12.1 Å². The van der Waals surface area contributed by atoms with Crippen LogP contribution in [-0.4, -0.2) is 35.2 Å². The lowest BCUT2D eigenvalue weighted by Gasteiger charge is -2.32. The van der Waals surface area contributed by atoms with Crippen LogP contribution in [0.3, 0.4) is 0 Å². The summed E-state index contributed by atoms with van der Waals surface area (Å²) in [6.45, 7) is 5.35. The molecule has 4 nitrogen and oxygen atoms in total. The molecule has 2 atom stereocenters. The van der Waals surface area contributed by atoms with Crippen LogP contribution in [0.4, 0.5) is 13.2 Å². The van der Waals surface area contributed by atoms with E-state index in [-0.39, 0.29) is 42.4 Å². The number of rotatable bonds is 12. The fraction of sp³-hybridized carbons (Fsp3) is 0.345. The highest BCUT2D eigenvalue weighted by Crippen LogP contribution is 2.37. The van der Waals surface area contributed by atoms with Crippen LogP contribution in [0.25, 0.3) is 0 Å². The molecule has 2 unspecified atom stereocenters. The summed E-state index contributed by atoms with van der Waals surface area (Å²) >= 11 is 6.22. The SMILES string of the molecule is CC(CN(Cc1cccc(C(F)(F)F)c1Cl)C(C)CCOc1cccc(CC(=O)O)c1)c1ccccc1.Cl. The number of benzene rings is 3. The Kier molecular flexibility index (Phi) is 11.9. The van der Waals surface area contributed by atoms with Gasteiger partial charge in [-0.05, 0) is 54.2 Å². The van der Waals surface area contributed by atoms with Gasteiger partial charge in [-0.25, -0.2) is 0 Å². The molecule has 0 spiro atoms. The van der Waals surface area contributed by atoms with Crippen molar-refractivity contribution in [3.8, 4) is 5.75 Å². The highest BCUT2D eigenvalue weighted by Gasteiger charge is 2.34. The molecule has 38 heavy (non-hydrogen) atoms. The van der Waals surface area contributed by atoms with E-state index in [1.54, 1.807) is 30.3 Å². The van der Waals surface area contributed by atoms with Crippen molar-refractivity contribution in [2.24, 2.45) is 0 Å². The molecule has 9 heteroatoms. The lowest BCUT2D eigenvalue weighted by Crippen LogP contribution is -2.36. The molecule has 0 saturated carbocycles. The van der Waals surface area contributed by atoms with Crippen molar-refractivity contribution in [2.45, 2.75) is 51.4 Å². The number of hydrogen-bond donors (Lipinski definition) is 1. The third-order valence-corrected chi connectivity index (χ3v) is 6.76. The van der Waals surface area contributed by atoms with Gasteiger partial charge in [-0.2, -0.15) is 13.2 Å². The van der Waals surface area contributed by atoms with Gasteiger partial charge in [0, 0.05) is 19.1 Å². The number of halogens is 5. The third-order valence-electron chi connectivity index (χ3n) is 6.32. The minimum absolute atomic E-state index is 0.